The molecule has 0 spiro atoms. The topological polar surface area (TPSA) is 57.5 Å². The van der Waals surface area contributed by atoms with E-state index in [-0.39, 0.29) is 6.10 Å². The number of unbranched alkanes of at least 4 members (excludes halogenated alkanes) is 11. The van der Waals surface area contributed by atoms with Crippen molar-refractivity contribution in [3.05, 3.63) is 12.2 Å². The van der Waals surface area contributed by atoms with Crippen LogP contribution in [-0.4, -0.2) is 22.3 Å². The van der Waals surface area contributed by atoms with Crippen LogP contribution in [0.1, 0.15) is 129 Å². The minimum atomic E-state index is -0.664. The van der Waals surface area contributed by atoms with Crippen LogP contribution in [0.25, 0.3) is 0 Å². The molecule has 1 aliphatic carbocycles. The van der Waals surface area contributed by atoms with Crippen LogP contribution in [0.5, 0.6) is 0 Å². The Labute approximate surface area is 168 Å². The first-order chi connectivity index (χ1) is 13.2. The van der Waals surface area contributed by atoms with Crippen LogP contribution in [0, 0.1) is 0 Å². The first kappa shape index (κ1) is 26.2. The highest BCUT2D eigenvalue weighted by Crippen LogP contribution is 2.16. The Morgan fingerprint density at radius 2 is 1.26 bits per heavy atom. The number of carboxylic acids is 1. The predicted molar refractivity (Wildman–Crippen MR) is 116 cm³/mol. The Morgan fingerprint density at radius 1 is 0.778 bits per heavy atom. The zero-order valence-corrected chi connectivity index (χ0v) is 18.0. The van der Waals surface area contributed by atoms with Crippen molar-refractivity contribution in [1.29, 1.82) is 0 Å². The second-order valence-corrected chi connectivity index (χ2v) is 8.02. The fourth-order valence-electron chi connectivity index (χ4n) is 3.43. The van der Waals surface area contributed by atoms with Gasteiger partial charge in [0.25, 0.3) is 0 Å². The van der Waals surface area contributed by atoms with Crippen LogP contribution in [0.2, 0.25) is 0 Å². The Kier molecular flexibility index (Phi) is 20.8. The number of allylic oxidation sites excluding steroid dienone is 2. The fraction of sp³-hybridized carbons (Fsp3) is 0.875. The summed E-state index contributed by atoms with van der Waals surface area (Å²) < 4.78 is 0. The quantitative estimate of drug-likeness (QED) is 0.229. The first-order valence-corrected chi connectivity index (χ1v) is 11.7. The average Bonchev–Trinajstić information content (AvgIpc) is 2.66. The van der Waals surface area contributed by atoms with Gasteiger partial charge in [0.05, 0.1) is 6.10 Å². The van der Waals surface area contributed by atoms with Gasteiger partial charge < -0.3 is 10.2 Å². The van der Waals surface area contributed by atoms with Crippen LogP contribution < -0.4 is 0 Å². The van der Waals surface area contributed by atoms with E-state index in [0.717, 1.165) is 25.7 Å². The van der Waals surface area contributed by atoms with Crippen molar-refractivity contribution < 1.29 is 15.0 Å². The lowest BCUT2D eigenvalue weighted by Gasteiger charge is -2.14. The van der Waals surface area contributed by atoms with E-state index in [0.29, 0.717) is 6.42 Å². The van der Waals surface area contributed by atoms with Crippen molar-refractivity contribution in [2.75, 3.05) is 0 Å². The molecule has 0 aromatic carbocycles. The number of aliphatic hydroxyl groups excluding tert-OH is 1. The lowest BCUT2D eigenvalue weighted by Crippen LogP contribution is -2.09. The maximum Gasteiger partial charge on any atom is 0.303 e. The summed E-state index contributed by atoms with van der Waals surface area (Å²) in [5, 5.41) is 17.4. The van der Waals surface area contributed by atoms with E-state index in [1.807, 2.05) is 0 Å². The standard InChI is InChI=1S/C18H34O2.C6H12O/c1-2-3-4-5-6-7-8-9-10-11-12-13-14-15-16-17-18(19)20;7-6-4-2-1-3-5-6/h9-10H,2-8,11-17H2,1H3,(H,19,20);6-7H,1-5H2. The molecule has 0 unspecified atom stereocenters. The molecule has 0 bridgehead atoms. The average molecular weight is 383 g/mol. The largest absolute Gasteiger partial charge is 0.481 e. The van der Waals surface area contributed by atoms with E-state index in [1.54, 1.807) is 0 Å². The molecule has 3 nitrogen and oxygen atoms in total. The molecule has 2 N–H and O–H groups in total. The van der Waals surface area contributed by atoms with Gasteiger partial charge in [-0.1, -0.05) is 89.7 Å². The molecule has 1 rings (SSSR count). The zero-order valence-electron chi connectivity index (χ0n) is 18.0. The molecule has 0 aromatic rings. The minimum absolute atomic E-state index is 0.0359. The Bertz CT molecular complexity index is 333. The van der Waals surface area contributed by atoms with Crippen LogP contribution in [0.4, 0.5) is 0 Å². The highest BCUT2D eigenvalue weighted by atomic mass is 16.4. The van der Waals surface area contributed by atoms with Crippen LogP contribution >= 0.6 is 0 Å². The van der Waals surface area contributed by atoms with E-state index in [4.69, 9.17) is 10.2 Å². The third-order valence-corrected chi connectivity index (χ3v) is 5.23. The lowest BCUT2D eigenvalue weighted by atomic mass is 9.98. The molecule has 0 saturated heterocycles. The number of hydrogen-bond acceptors (Lipinski definition) is 2. The molecule has 27 heavy (non-hydrogen) atoms. The highest BCUT2D eigenvalue weighted by Gasteiger charge is 2.07. The molecule has 0 radical (unpaired) electrons. The fourth-order valence-corrected chi connectivity index (χ4v) is 3.43. The molecule has 0 atom stereocenters. The zero-order chi connectivity index (χ0) is 20.0. The summed E-state index contributed by atoms with van der Waals surface area (Å²) in [7, 11) is 0. The molecular weight excluding hydrogens is 336 g/mol. The molecule has 0 heterocycles. The van der Waals surface area contributed by atoms with Gasteiger partial charge >= 0.3 is 5.97 Å². The molecule has 0 aromatic heterocycles. The normalized spacial score (nSPS) is 14.9. The molecule has 160 valence electrons. The first-order valence-electron chi connectivity index (χ1n) is 11.7. The van der Waals surface area contributed by atoms with Gasteiger partial charge in [-0.15, -0.1) is 0 Å². The van der Waals surface area contributed by atoms with E-state index >= 15 is 0 Å². The maximum absolute atomic E-state index is 10.3. The molecule has 0 amide bonds. The van der Waals surface area contributed by atoms with Gasteiger partial charge in [0, 0.05) is 6.42 Å². The molecule has 3 heteroatoms. The van der Waals surface area contributed by atoms with Crippen LogP contribution in [0.15, 0.2) is 12.2 Å². The summed E-state index contributed by atoms with van der Waals surface area (Å²) in [6.45, 7) is 2.26. The Balaban J connectivity index is 0.000000797. The SMILES string of the molecule is CCCCCCCCC=CCCCCCCCC(=O)O.OC1CCCCC1. The van der Waals surface area contributed by atoms with Crippen molar-refractivity contribution >= 4 is 5.97 Å². The van der Waals surface area contributed by atoms with Gasteiger partial charge in [-0.2, -0.15) is 0 Å². The Morgan fingerprint density at radius 3 is 1.70 bits per heavy atom. The van der Waals surface area contributed by atoms with Crippen molar-refractivity contribution in [3.63, 3.8) is 0 Å². The second-order valence-electron chi connectivity index (χ2n) is 8.02. The summed E-state index contributed by atoms with van der Waals surface area (Å²) in [6, 6.07) is 0. The van der Waals surface area contributed by atoms with Crippen LogP contribution in [-0.2, 0) is 4.79 Å². The van der Waals surface area contributed by atoms with Gasteiger partial charge in [-0.3, -0.25) is 4.79 Å². The summed E-state index contributed by atoms with van der Waals surface area (Å²) in [5.74, 6) is -0.664. The molecule has 1 aliphatic rings. The molecular formula is C24H46O3. The predicted octanol–water partition coefficient (Wildman–Crippen LogP) is 7.42. The number of rotatable bonds is 15. The number of aliphatic hydroxyl groups is 1. The summed E-state index contributed by atoms with van der Waals surface area (Å²) in [5.41, 5.74) is 0. The van der Waals surface area contributed by atoms with E-state index in [1.165, 1.54) is 89.9 Å². The third kappa shape index (κ3) is 23.1. The second kappa shape index (κ2) is 21.5. The van der Waals surface area contributed by atoms with Crippen molar-refractivity contribution in [2.24, 2.45) is 0 Å². The summed E-state index contributed by atoms with van der Waals surface area (Å²) in [6.07, 6.45) is 27.2. The van der Waals surface area contributed by atoms with Gasteiger partial charge in [0.15, 0.2) is 0 Å². The van der Waals surface area contributed by atoms with E-state index < -0.39 is 5.97 Å². The number of aliphatic carboxylic acids is 1. The van der Waals surface area contributed by atoms with Gasteiger partial charge in [-0.25, -0.2) is 0 Å². The van der Waals surface area contributed by atoms with Crippen molar-refractivity contribution in [3.8, 4) is 0 Å². The molecule has 1 saturated carbocycles. The summed E-state index contributed by atoms with van der Waals surface area (Å²) >= 11 is 0. The highest BCUT2D eigenvalue weighted by molar-refractivity contribution is 5.66. The Hall–Kier alpha value is -0.830. The number of carboxylic acid groups (broad SMARTS) is 1. The van der Waals surface area contributed by atoms with Gasteiger partial charge in [0.1, 0.15) is 0 Å². The minimum Gasteiger partial charge on any atom is -0.481 e. The third-order valence-electron chi connectivity index (χ3n) is 5.23. The number of carbonyl (C=O) groups is 1. The van der Waals surface area contributed by atoms with E-state index in [9.17, 15) is 4.79 Å². The maximum atomic E-state index is 10.3. The number of hydrogen-bond donors (Lipinski definition) is 2. The molecule has 0 aliphatic heterocycles. The lowest BCUT2D eigenvalue weighted by molar-refractivity contribution is -0.137. The monoisotopic (exact) mass is 382 g/mol. The molecule has 1 fully saturated rings. The van der Waals surface area contributed by atoms with Gasteiger partial charge in [-0.05, 0) is 44.9 Å². The van der Waals surface area contributed by atoms with Crippen LogP contribution in [0.3, 0.4) is 0 Å². The smallest absolute Gasteiger partial charge is 0.303 e. The van der Waals surface area contributed by atoms with E-state index in [2.05, 4.69) is 19.1 Å². The summed E-state index contributed by atoms with van der Waals surface area (Å²) in [4.78, 5) is 10.3. The van der Waals surface area contributed by atoms with Crippen molar-refractivity contribution in [2.45, 2.75) is 135 Å². The van der Waals surface area contributed by atoms with Crippen molar-refractivity contribution in [1.82, 2.24) is 0 Å². The van der Waals surface area contributed by atoms with Gasteiger partial charge in [0.2, 0.25) is 0 Å².